The zero-order valence-electron chi connectivity index (χ0n) is 19.0. The van der Waals surface area contributed by atoms with Gasteiger partial charge in [0.1, 0.15) is 5.75 Å². The summed E-state index contributed by atoms with van der Waals surface area (Å²) in [6, 6.07) is 11.8. The van der Waals surface area contributed by atoms with Gasteiger partial charge in [-0.15, -0.1) is 0 Å². The zero-order chi connectivity index (χ0) is 26.0. The fraction of sp³-hybridized carbons (Fsp3) is 0.208. The van der Waals surface area contributed by atoms with Gasteiger partial charge < -0.3 is 14.8 Å². The van der Waals surface area contributed by atoms with Gasteiger partial charge in [0, 0.05) is 28.6 Å². The number of sulfonamides is 1. The molecule has 0 radical (unpaired) electrons. The molecule has 3 aromatic rings. The molecule has 1 aromatic heterocycles. The molecule has 186 valence electrons. The average molecular weight is 509 g/mol. The van der Waals surface area contributed by atoms with Gasteiger partial charge in [0.2, 0.25) is 10.0 Å². The number of H-pyrrole nitrogens is 1. The Labute approximate surface area is 200 Å². The molecule has 0 aliphatic carbocycles. The van der Waals surface area contributed by atoms with Gasteiger partial charge in [-0.3, -0.25) is 9.52 Å². The number of alkyl halides is 3. The van der Waals surface area contributed by atoms with Crippen LogP contribution < -0.4 is 15.0 Å². The molecule has 1 atom stereocenters. The Balaban J connectivity index is 2.16. The number of halogens is 3. The van der Waals surface area contributed by atoms with Crippen molar-refractivity contribution in [3.05, 3.63) is 81.8 Å². The highest BCUT2D eigenvalue weighted by atomic mass is 32.2. The van der Waals surface area contributed by atoms with Crippen LogP contribution in [-0.2, 0) is 15.6 Å². The van der Waals surface area contributed by atoms with E-state index in [9.17, 15) is 31.5 Å². The second-order valence-electron chi connectivity index (χ2n) is 7.96. The summed E-state index contributed by atoms with van der Waals surface area (Å²) in [5.41, 5.74) is -2.93. The molecule has 1 unspecified atom stereocenters. The Morgan fingerprint density at radius 3 is 2.29 bits per heavy atom. The second-order valence-corrected chi connectivity index (χ2v) is 9.71. The van der Waals surface area contributed by atoms with Crippen LogP contribution in [0.3, 0.4) is 0 Å². The van der Waals surface area contributed by atoms with Crippen molar-refractivity contribution in [1.82, 2.24) is 4.98 Å². The van der Waals surface area contributed by atoms with Crippen molar-refractivity contribution in [1.29, 1.82) is 0 Å². The van der Waals surface area contributed by atoms with E-state index in [1.807, 2.05) is 0 Å². The number of hydrogen-bond donors (Lipinski definition) is 3. The number of pyridine rings is 1. The third-order valence-corrected chi connectivity index (χ3v) is 5.80. The van der Waals surface area contributed by atoms with Gasteiger partial charge in [-0.05, 0) is 54.4 Å². The molecule has 35 heavy (non-hydrogen) atoms. The van der Waals surface area contributed by atoms with Crippen LogP contribution in [0, 0.1) is 0 Å². The Hall–Kier alpha value is -3.57. The Kier molecular flexibility index (Phi) is 7.13. The highest BCUT2D eigenvalue weighted by molar-refractivity contribution is 7.92. The number of rotatable bonds is 7. The van der Waals surface area contributed by atoms with Gasteiger partial charge in [0.25, 0.3) is 5.56 Å². The first-order valence-electron chi connectivity index (χ1n) is 10.2. The third kappa shape index (κ3) is 5.92. The van der Waals surface area contributed by atoms with Gasteiger partial charge in [0.15, 0.2) is 5.60 Å². The van der Waals surface area contributed by atoms with Crippen LogP contribution in [0.25, 0.3) is 23.3 Å². The number of anilines is 1. The van der Waals surface area contributed by atoms with E-state index in [4.69, 9.17) is 4.74 Å². The lowest BCUT2D eigenvalue weighted by Crippen LogP contribution is -2.39. The van der Waals surface area contributed by atoms with E-state index >= 15 is 0 Å². The maximum atomic E-state index is 13.7. The first kappa shape index (κ1) is 26.0. The lowest BCUT2D eigenvalue weighted by molar-refractivity contribution is -0.259. The molecule has 7 nitrogen and oxygen atoms in total. The van der Waals surface area contributed by atoms with Crippen molar-refractivity contribution in [3.63, 3.8) is 0 Å². The molecule has 1 heterocycles. The van der Waals surface area contributed by atoms with Gasteiger partial charge in [0.05, 0.1) is 13.4 Å². The molecule has 0 fully saturated rings. The van der Waals surface area contributed by atoms with E-state index in [1.165, 1.54) is 49.7 Å². The summed E-state index contributed by atoms with van der Waals surface area (Å²) in [7, 11) is -2.26. The van der Waals surface area contributed by atoms with Crippen LogP contribution in [0.1, 0.15) is 23.6 Å². The fourth-order valence-corrected chi connectivity index (χ4v) is 3.95. The van der Waals surface area contributed by atoms with Gasteiger partial charge >= 0.3 is 6.18 Å². The Bertz CT molecular complexity index is 1410. The van der Waals surface area contributed by atoms with Crippen molar-refractivity contribution >= 4 is 27.9 Å². The monoisotopic (exact) mass is 508 g/mol. The standard InChI is InChI=1S/C24H23F3N2O5S/c1-23(31,24(25,26)27)20-14-17(19-5-4-12-28-22(19)30)13-16(21(20)34-2)9-6-15-7-10-18(11-8-15)29-35(3,32)33/h4-14,29,31H,1-3H3,(H,28,30). The van der Waals surface area contributed by atoms with Crippen LogP contribution in [-0.4, -0.2) is 38.1 Å². The Morgan fingerprint density at radius 2 is 1.74 bits per heavy atom. The van der Waals surface area contributed by atoms with E-state index < -0.39 is 32.9 Å². The van der Waals surface area contributed by atoms with Gasteiger partial charge in [-0.25, -0.2) is 8.42 Å². The van der Waals surface area contributed by atoms with Crippen molar-refractivity contribution in [2.45, 2.75) is 18.7 Å². The van der Waals surface area contributed by atoms with E-state index in [0.29, 0.717) is 18.2 Å². The third-order valence-electron chi connectivity index (χ3n) is 5.20. The number of methoxy groups -OCH3 is 1. The van der Waals surface area contributed by atoms with Crippen LogP contribution in [0.5, 0.6) is 5.75 Å². The van der Waals surface area contributed by atoms with Gasteiger partial charge in [-0.1, -0.05) is 24.3 Å². The number of aromatic nitrogens is 1. The maximum absolute atomic E-state index is 13.7. The Morgan fingerprint density at radius 1 is 1.09 bits per heavy atom. The number of aliphatic hydroxyl groups is 1. The molecule has 0 bridgehead atoms. The fourth-order valence-electron chi connectivity index (χ4n) is 3.38. The molecule has 11 heteroatoms. The lowest BCUT2D eigenvalue weighted by Gasteiger charge is -2.29. The molecular formula is C24H23F3N2O5S. The topological polar surface area (TPSA) is 108 Å². The summed E-state index contributed by atoms with van der Waals surface area (Å²) in [6.45, 7) is 0.616. The lowest BCUT2D eigenvalue weighted by atomic mass is 9.88. The maximum Gasteiger partial charge on any atom is 0.421 e. The molecule has 0 spiro atoms. The number of nitrogens with one attached hydrogen (secondary N) is 2. The summed E-state index contributed by atoms with van der Waals surface area (Å²) in [5, 5.41) is 10.4. The first-order valence-corrected chi connectivity index (χ1v) is 12.1. The molecule has 3 rings (SSSR count). The molecule has 3 N–H and O–H groups in total. The predicted molar refractivity (Wildman–Crippen MR) is 129 cm³/mol. The molecule has 0 amide bonds. The zero-order valence-corrected chi connectivity index (χ0v) is 19.8. The van der Waals surface area contributed by atoms with E-state index in [0.717, 1.165) is 12.3 Å². The highest BCUT2D eigenvalue weighted by Gasteiger charge is 2.53. The summed E-state index contributed by atoms with van der Waals surface area (Å²) in [6.07, 6.45) is 0.448. The van der Waals surface area contributed by atoms with E-state index in [-0.39, 0.29) is 22.4 Å². The minimum Gasteiger partial charge on any atom is -0.496 e. The van der Waals surface area contributed by atoms with Crippen LogP contribution in [0.15, 0.2) is 59.5 Å². The number of hydrogen-bond acceptors (Lipinski definition) is 5. The number of benzene rings is 2. The summed E-state index contributed by atoms with van der Waals surface area (Å²) < 4.78 is 71.6. The van der Waals surface area contributed by atoms with Crippen molar-refractivity contribution in [2.24, 2.45) is 0 Å². The highest BCUT2D eigenvalue weighted by Crippen LogP contribution is 2.45. The molecule has 0 saturated heterocycles. The smallest absolute Gasteiger partial charge is 0.421 e. The number of aromatic amines is 1. The average Bonchev–Trinajstić information content (AvgIpc) is 2.76. The molecule has 0 saturated carbocycles. The summed E-state index contributed by atoms with van der Waals surface area (Å²) in [4.78, 5) is 14.8. The molecule has 0 aliphatic heterocycles. The van der Waals surface area contributed by atoms with E-state index in [2.05, 4.69) is 9.71 Å². The van der Waals surface area contributed by atoms with Crippen molar-refractivity contribution in [2.75, 3.05) is 18.1 Å². The second kappa shape index (κ2) is 9.59. The van der Waals surface area contributed by atoms with E-state index in [1.54, 1.807) is 18.2 Å². The normalized spacial score (nSPS) is 14.0. The summed E-state index contributed by atoms with van der Waals surface area (Å²) >= 11 is 0. The SMILES string of the molecule is COc1c(C=Cc2ccc(NS(C)(=O)=O)cc2)cc(-c2ccc[nH]c2=O)cc1C(C)(O)C(F)(F)F. The van der Waals surface area contributed by atoms with Crippen molar-refractivity contribution < 1.29 is 31.4 Å². The van der Waals surface area contributed by atoms with Gasteiger partial charge in [-0.2, -0.15) is 13.2 Å². The first-order chi connectivity index (χ1) is 16.2. The predicted octanol–water partition coefficient (Wildman–Crippen LogP) is 4.36. The minimum atomic E-state index is -5.02. The summed E-state index contributed by atoms with van der Waals surface area (Å²) in [5.74, 6) is -0.213. The molecular weight excluding hydrogens is 485 g/mol. The van der Waals surface area contributed by atoms with Crippen LogP contribution >= 0.6 is 0 Å². The molecule has 0 aliphatic rings. The molecule has 2 aromatic carbocycles. The minimum absolute atomic E-state index is 0.111. The quantitative estimate of drug-likeness (QED) is 0.411. The largest absolute Gasteiger partial charge is 0.496 e. The number of ether oxygens (including phenoxy) is 1. The van der Waals surface area contributed by atoms with Crippen LogP contribution in [0.4, 0.5) is 18.9 Å². The van der Waals surface area contributed by atoms with Crippen LogP contribution in [0.2, 0.25) is 0 Å². The van der Waals surface area contributed by atoms with Crippen molar-refractivity contribution in [3.8, 4) is 16.9 Å².